The predicted octanol–water partition coefficient (Wildman–Crippen LogP) is 2.57. The van der Waals surface area contributed by atoms with E-state index < -0.39 is 36.3 Å². The maximum Gasteiger partial charge on any atom is 0.160 e. The van der Waals surface area contributed by atoms with Crippen molar-refractivity contribution in [1.29, 1.82) is 0 Å². The van der Waals surface area contributed by atoms with Gasteiger partial charge in [-0.2, -0.15) is 0 Å². The van der Waals surface area contributed by atoms with Crippen LogP contribution >= 0.6 is 35.0 Å². The number of nitrogens with one attached hydrogen (secondary N) is 1. The zero-order valence-corrected chi connectivity index (χ0v) is 18.2. The molecule has 0 aliphatic rings. The van der Waals surface area contributed by atoms with E-state index in [9.17, 15) is 19.7 Å². The lowest BCUT2D eigenvalue weighted by Gasteiger charge is -2.28. The molecule has 4 atom stereocenters. The third-order valence-corrected chi connectivity index (χ3v) is 5.73. The van der Waals surface area contributed by atoms with Gasteiger partial charge in [-0.25, -0.2) is 4.39 Å². The lowest BCUT2D eigenvalue weighted by atomic mass is 10.2. The highest BCUT2D eigenvalue weighted by Gasteiger charge is 2.27. The highest BCUT2D eigenvalue weighted by molar-refractivity contribution is 7.99. The maximum atomic E-state index is 13.0. The molecule has 1 heterocycles. The molecule has 164 valence electrons. The molecular formula is C19H22Cl2FN3O4S. The van der Waals surface area contributed by atoms with Gasteiger partial charge in [0.15, 0.2) is 11.7 Å². The summed E-state index contributed by atoms with van der Waals surface area (Å²) in [5, 5.41) is 33.2. The van der Waals surface area contributed by atoms with Gasteiger partial charge in [0.05, 0.1) is 40.3 Å². The quantitative estimate of drug-likeness (QED) is 0.261. The number of aliphatic hydroxyl groups excluding tert-OH is 3. The summed E-state index contributed by atoms with van der Waals surface area (Å²) in [5.74, 6) is -0.501. The first-order valence-corrected chi connectivity index (χ1v) is 10.4. The molecule has 3 unspecified atom stereocenters. The van der Waals surface area contributed by atoms with Crippen LogP contribution in [0.3, 0.4) is 0 Å². The summed E-state index contributed by atoms with van der Waals surface area (Å²) in [4.78, 5) is 4.49. The molecule has 0 amide bonds. The Labute approximate surface area is 187 Å². The van der Waals surface area contributed by atoms with Gasteiger partial charge < -0.3 is 31.1 Å². The van der Waals surface area contributed by atoms with Crippen LogP contribution in [-0.2, 0) is 4.74 Å². The number of aliphatic hydroxyl groups is 3. The Morgan fingerprint density at radius 3 is 2.60 bits per heavy atom. The molecular weight excluding hydrogens is 456 g/mol. The SMILES string of the molecule is CC(O)C(CO)OC(Sc1ccc(Cl)c(Cl)c1)[C@@H](O)N/C=C(\N)c1ccc(F)cn1. The van der Waals surface area contributed by atoms with Gasteiger partial charge in [0.25, 0.3) is 0 Å². The number of hydrogen-bond donors (Lipinski definition) is 5. The molecule has 0 aliphatic carbocycles. The number of benzene rings is 1. The Kier molecular flexibility index (Phi) is 9.63. The van der Waals surface area contributed by atoms with Crippen LogP contribution in [0, 0.1) is 5.82 Å². The third kappa shape index (κ3) is 7.28. The molecule has 0 bridgehead atoms. The molecule has 1 aromatic carbocycles. The van der Waals surface area contributed by atoms with E-state index in [1.165, 1.54) is 25.3 Å². The minimum Gasteiger partial charge on any atom is -0.396 e. The van der Waals surface area contributed by atoms with E-state index >= 15 is 0 Å². The molecule has 30 heavy (non-hydrogen) atoms. The number of halogens is 3. The molecule has 0 fully saturated rings. The predicted molar refractivity (Wildman–Crippen MR) is 115 cm³/mol. The van der Waals surface area contributed by atoms with Crippen LogP contribution in [0.1, 0.15) is 12.6 Å². The molecule has 6 N–H and O–H groups in total. The van der Waals surface area contributed by atoms with E-state index in [0.717, 1.165) is 18.0 Å². The van der Waals surface area contributed by atoms with Crippen molar-refractivity contribution in [2.45, 2.75) is 35.7 Å². The van der Waals surface area contributed by atoms with E-state index in [1.54, 1.807) is 18.2 Å². The summed E-state index contributed by atoms with van der Waals surface area (Å²) in [6, 6.07) is 7.48. The molecule has 2 aromatic rings. The molecule has 2 rings (SSSR count). The van der Waals surface area contributed by atoms with Crippen molar-refractivity contribution in [2.75, 3.05) is 6.61 Å². The first-order valence-electron chi connectivity index (χ1n) is 8.79. The van der Waals surface area contributed by atoms with E-state index in [0.29, 0.717) is 20.6 Å². The number of hydrogen-bond acceptors (Lipinski definition) is 8. The number of nitrogens with zero attached hydrogens (tertiary/aromatic N) is 1. The normalized spacial score (nSPS) is 16.0. The zero-order chi connectivity index (χ0) is 22.3. The van der Waals surface area contributed by atoms with Crippen molar-refractivity contribution in [2.24, 2.45) is 5.73 Å². The van der Waals surface area contributed by atoms with Gasteiger partial charge in [0, 0.05) is 11.1 Å². The number of aromatic nitrogens is 1. The Morgan fingerprint density at radius 1 is 1.30 bits per heavy atom. The molecule has 0 radical (unpaired) electrons. The second kappa shape index (κ2) is 11.7. The monoisotopic (exact) mass is 477 g/mol. The van der Waals surface area contributed by atoms with Gasteiger partial charge in [-0.05, 0) is 37.3 Å². The highest BCUT2D eigenvalue weighted by atomic mass is 35.5. The summed E-state index contributed by atoms with van der Waals surface area (Å²) < 4.78 is 18.7. The van der Waals surface area contributed by atoms with Crippen molar-refractivity contribution in [3.63, 3.8) is 0 Å². The van der Waals surface area contributed by atoms with E-state index in [-0.39, 0.29) is 5.70 Å². The van der Waals surface area contributed by atoms with Gasteiger partial charge in [-0.1, -0.05) is 35.0 Å². The summed E-state index contributed by atoms with van der Waals surface area (Å²) in [6.07, 6.45) is -0.916. The lowest BCUT2D eigenvalue weighted by Crippen LogP contribution is -2.42. The summed E-state index contributed by atoms with van der Waals surface area (Å²) in [5.41, 5.74) is 5.39. The number of thioether (sulfide) groups is 1. The molecule has 7 nitrogen and oxygen atoms in total. The Morgan fingerprint density at radius 2 is 2.03 bits per heavy atom. The Hall–Kier alpha value is -1.59. The second-order valence-electron chi connectivity index (χ2n) is 6.23. The van der Waals surface area contributed by atoms with Gasteiger partial charge in [0.2, 0.25) is 0 Å². The van der Waals surface area contributed by atoms with E-state index in [4.69, 9.17) is 33.7 Å². The third-order valence-electron chi connectivity index (χ3n) is 3.86. The van der Waals surface area contributed by atoms with Crippen molar-refractivity contribution in [1.82, 2.24) is 10.3 Å². The van der Waals surface area contributed by atoms with Gasteiger partial charge in [-0.15, -0.1) is 0 Å². The molecule has 0 spiro atoms. The van der Waals surface area contributed by atoms with Gasteiger partial charge >= 0.3 is 0 Å². The van der Waals surface area contributed by atoms with E-state index in [1.807, 2.05) is 0 Å². The molecule has 0 saturated carbocycles. The largest absolute Gasteiger partial charge is 0.396 e. The number of nitrogens with two attached hydrogens (primary N) is 1. The van der Waals surface area contributed by atoms with Crippen LogP contribution in [0.5, 0.6) is 0 Å². The number of ether oxygens (including phenoxy) is 1. The average molecular weight is 478 g/mol. The lowest BCUT2D eigenvalue weighted by molar-refractivity contribution is -0.0978. The van der Waals surface area contributed by atoms with Crippen molar-refractivity contribution < 1.29 is 24.4 Å². The summed E-state index contributed by atoms with van der Waals surface area (Å²) in [6.45, 7) is 1.000. The van der Waals surface area contributed by atoms with Crippen LogP contribution in [0.25, 0.3) is 5.70 Å². The van der Waals surface area contributed by atoms with Crippen LogP contribution in [-0.4, -0.2) is 50.8 Å². The fraction of sp³-hybridized carbons (Fsp3) is 0.316. The maximum absolute atomic E-state index is 13.0. The van der Waals surface area contributed by atoms with Crippen LogP contribution < -0.4 is 11.1 Å². The topological polar surface area (TPSA) is 121 Å². The minimum absolute atomic E-state index is 0.154. The number of rotatable bonds is 10. The summed E-state index contributed by atoms with van der Waals surface area (Å²) in [7, 11) is 0. The zero-order valence-electron chi connectivity index (χ0n) is 15.9. The van der Waals surface area contributed by atoms with Crippen molar-refractivity contribution >= 4 is 40.7 Å². The fourth-order valence-corrected chi connectivity index (χ4v) is 3.58. The molecule has 0 saturated heterocycles. The minimum atomic E-state index is -1.31. The van der Waals surface area contributed by atoms with Crippen LogP contribution in [0.2, 0.25) is 10.0 Å². The molecule has 11 heteroatoms. The standard InChI is InChI=1S/C19H22Cl2FN3O4S/c1-10(27)17(9-26)29-19(30-12-3-4-13(20)14(21)6-12)18(28)25-8-15(23)16-5-2-11(22)7-24-16/h2-8,10,17-19,25-28H,9,23H2,1H3/b15-8-/t10?,17?,18-,19?/m1/s1. The summed E-state index contributed by atoms with van der Waals surface area (Å²) >= 11 is 13.1. The van der Waals surface area contributed by atoms with Gasteiger partial charge in [-0.3, -0.25) is 4.98 Å². The first kappa shape index (κ1) is 24.7. The van der Waals surface area contributed by atoms with E-state index in [2.05, 4.69) is 10.3 Å². The van der Waals surface area contributed by atoms with Crippen molar-refractivity contribution in [3.05, 3.63) is 64.3 Å². The van der Waals surface area contributed by atoms with Gasteiger partial charge in [0.1, 0.15) is 11.9 Å². The molecule has 1 aromatic heterocycles. The molecule has 0 aliphatic heterocycles. The smallest absolute Gasteiger partial charge is 0.160 e. The average Bonchev–Trinajstić information content (AvgIpc) is 2.71. The Balaban J connectivity index is 2.17. The number of pyridine rings is 1. The van der Waals surface area contributed by atoms with Crippen molar-refractivity contribution in [3.8, 4) is 0 Å². The van der Waals surface area contributed by atoms with Crippen LogP contribution in [0.4, 0.5) is 4.39 Å². The first-order chi connectivity index (χ1) is 14.2. The van der Waals surface area contributed by atoms with Crippen LogP contribution in [0.15, 0.2) is 47.6 Å². The second-order valence-corrected chi connectivity index (χ2v) is 8.22. The fourth-order valence-electron chi connectivity index (χ4n) is 2.21. The highest BCUT2D eigenvalue weighted by Crippen LogP contribution is 2.32. The Bertz CT molecular complexity index is 858.